The normalized spacial score (nSPS) is 11.4. The molecule has 0 unspecified atom stereocenters. The first-order valence-electron chi connectivity index (χ1n) is 13.2. The van der Waals surface area contributed by atoms with Crippen molar-refractivity contribution in [1.82, 2.24) is 0 Å². The molecule has 0 spiro atoms. The summed E-state index contributed by atoms with van der Waals surface area (Å²) >= 11 is 0. The van der Waals surface area contributed by atoms with E-state index in [9.17, 15) is 4.79 Å². The van der Waals surface area contributed by atoms with Crippen LogP contribution in [0.1, 0.15) is 82.3 Å². The van der Waals surface area contributed by atoms with Crippen LogP contribution in [-0.2, 0) is 22.5 Å². The van der Waals surface area contributed by atoms with Crippen LogP contribution in [0.15, 0.2) is 54.6 Å². The van der Waals surface area contributed by atoms with Crippen molar-refractivity contribution >= 4 is 5.97 Å². The highest BCUT2D eigenvalue weighted by atomic mass is 16.7. The Balaban J connectivity index is 1.52. The standard InChI is InChI=1S/C30H46NO3/c1-4-5-6-7-8-9-11-16-27-20-22-29(23-21-27)33-26-34-30(32)19-14-15-24-31(2,3)25-28-17-12-10-13-18-28/h10,12-13,17-18,20-23H,4-9,11,14-16,19,24-26H2,1-3H3/q+1. The Morgan fingerprint density at radius 2 is 1.44 bits per heavy atom. The molecule has 0 bridgehead atoms. The SMILES string of the molecule is CCCCCCCCCc1ccc(OCOC(=O)CCCC[N+](C)(C)Cc2ccccc2)cc1. The molecule has 0 fully saturated rings. The number of rotatable bonds is 18. The number of carbonyl (C=O) groups excluding carboxylic acids is 1. The smallest absolute Gasteiger partial charge is 0.308 e. The number of nitrogens with zero attached hydrogens (tertiary/aromatic N) is 1. The van der Waals surface area contributed by atoms with E-state index in [0.29, 0.717) is 6.42 Å². The molecule has 34 heavy (non-hydrogen) atoms. The minimum Gasteiger partial charge on any atom is -0.457 e. The van der Waals surface area contributed by atoms with Crippen molar-refractivity contribution in [2.24, 2.45) is 0 Å². The van der Waals surface area contributed by atoms with Crippen LogP contribution in [0.3, 0.4) is 0 Å². The van der Waals surface area contributed by atoms with E-state index >= 15 is 0 Å². The van der Waals surface area contributed by atoms with Gasteiger partial charge in [0, 0.05) is 12.0 Å². The van der Waals surface area contributed by atoms with Gasteiger partial charge in [-0.05, 0) is 43.4 Å². The summed E-state index contributed by atoms with van der Waals surface area (Å²) in [4.78, 5) is 12.0. The molecule has 0 aliphatic carbocycles. The molecule has 0 aromatic heterocycles. The highest BCUT2D eigenvalue weighted by molar-refractivity contribution is 5.69. The zero-order valence-electron chi connectivity index (χ0n) is 21.8. The molecule has 0 heterocycles. The highest BCUT2D eigenvalue weighted by Gasteiger charge is 2.15. The lowest BCUT2D eigenvalue weighted by Crippen LogP contribution is -2.39. The molecular weight excluding hydrogens is 422 g/mol. The fourth-order valence-electron chi connectivity index (χ4n) is 4.24. The predicted octanol–water partition coefficient (Wildman–Crippen LogP) is 7.31. The molecule has 0 atom stereocenters. The maximum atomic E-state index is 12.0. The van der Waals surface area contributed by atoms with Gasteiger partial charge >= 0.3 is 5.97 Å². The van der Waals surface area contributed by atoms with E-state index < -0.39 is 0 Å². The highest BCUT2D eigenvalue weighted by Crippen LogP contribution is 2.16. The van der Waals surface area contributed by atoms with Gasteiger partial charge in [-0.25, -0.2) is 0 Å². The minimum absolute atomic E-state index is 0.0223. The van der Waals surface area contributed by atoms with Crippen LogP contribution >= 0.6 is 0 Å². The van der Waals surface area contributed by atoms with Gasteiger partial charge in [-0.1, -0.05) is 87.9 Å². The number of aryl methyl sites for hydroxylation is 1. The van der Waals surface area contributed by atoms with Crippen molar-refractivity contribution < 1.29 is 18.8 Å². The fourth-order valence-corrected chi connectivity index (χ4v) is 4.24. The average molecular weight is 469 g/mol. The molecule has 0 radical (unpaired) electrons. The van der Waals surface area contributed by atoms with Crippen molar-refractivity contribution in [2.45, 2.75) is 84.1 Å². The summed E-state index contributed by atoms with van der Waals surface area (Å²) in [6.07, 6.45) is 12.7. The topological polar surface area (TPSA) is 35.5 Å². The molecular formula is C30H46NO3+. The average Bonchev–Trinajstić information content (AvgIpc) is 2.82. The molecule has 0 aliphatic rings. The maximum Gasteiger partial charge on any atom is 0.308 e. The number of ether oxygens (including phenoxy) is 2. The van der Waals surface area contributed by atoms with Crippen LogP contribution in [0.5, 0.6) is 5.75 Å². The molecule has 0 aliphatic heterocycles. The summed E-state index contributed by atoms with van der Waals surface area (Å²) in [6.45, 7) is 4.26. The number of benzene rings is 2. The Morgan fingerprint density at radius 1 is 0.765 bits per heavy atom. The first kappa shape index (κ1) is 27.9. The zero-order valence-corrected chi connectivity index (χ0v) is 21.8. The Bertz CT molecular complexity index is 786. The van der Waals surface area contributed by atoms with E-state index in [4.69, 9.17) is 9.47 Å². The van der Waals surface area contributed by atoms with Gasteiger partial charge < -0.3 is 14.0 Å². The number of hydrogen-bond donors (Lipinski definition) is 0. The second-order valence-corrected chi connectivity index (χ2v) is 10.1. The monoisotopic (exact) mass is 468 g/mol. The predicted molar refractivity (Wildman–Crippen MR) is 141 cm³/mol. The second-order valence-electron chi connectivity index (χ2n) is 10.1. The van der Waals surface area contributed by atoms with Crippen molar-refractivity contribution in [1.29, 1.82) is 0 Å². The van der Waals surface area contributed by atoms with Crippen LogP contribution in [0.25, 0.3) is 0 Å². The van der Waals surface area contributed by atoms with E-state index in [-0.39, 0.29) is 12.8 Å². The minimum atomic E-state index is -0.191. The van der Waals surface area contributed by atoms with Gasteiger partial charge in [0.2, 0.25) is 6.79 Å². The number of hydrogen-bond acceptors (Lipinski definition) is 3. The lowest BCUT2D eigenvalue weighted by atomic mass is 10.0. The molecule has 4 nitrogen and oxygen atoms in total. The van der Waals surface area contributed by atoms with Crippen molar-refractivity contribution in [3.05, 3.63) is 65.7 Å². The number of quaternary nitrogens is 1. The molecule has 0 amide bonds. The van der Waals surface area contributed by atoms with Gasteiger partial charge in [0.1, 0.15) is 12.3 Å². The van der Waals surface area contributed by atoms with Crippen LogP contribution in [0, 0.1) is 0 Å². The third-order valence-electron chi connectivity index (χ3n) is 6.29. The molecule has 0 saturated heterocycles. The summed E-state index contributed by atoms with van der Waals surface area (Å²) in [5.41, 5.74) is 2.68. The van der Waals surface area contributed by atoms with Gasteiger partial charge in [-0.3, -0.25) is 4.79 Å². The Morgan fingerprint density at radius 3 is 2.15 bits per heavy atom. The Hall–Kier alpha value is -2.33. The molecule has 2 rings (SSSR count). The van der Waals surface area contributed by atoms with Crippen molar-refractivity contribution in [3.8, 4) is 5.75 Å². The molecule has 188 valence electrons. The third-order valence-corrected chi connectivity index (χ3v) is 6.29. The van der Waals surface area contributed by atoms with Gasteiger partial charge in [0.05, 0.1) is 20.6 Å². The summed E-state index contributed by atoms with van der Waals surface area (Å²) in [7, 11) is 4.47. The van der Waals surface area contributed by atoms with Gasteiger partial charge in [0.25, 0.3) is 0 Å². The number of esters is 1. The molecule has 0 saturated carbocycles. The lowest BCUT2D eigenvalue weighted by Gasteiger charge is -2.30. The van der Waals surface area contributed by atoms with Crippen LogP contribution in [0.2, 0.25) is 0 Å². The third kappa shape index (κ3) is 12.8. The zero-order chi connectivity index (χ0) is 24.5. The summed E-state index contributed by atoms with van der Waals surface area (Å²) in [6, 6.07) is 18.7. The summed E-state index contributed by atoms with van der Waals surface area (Å²) < 4.78 is 11.8. The largest absolute Gasteiger partial charge is 0.457 e. The van der Waals surface area contributed by atoms with Crippen LogP contribution < -0.4 is 4.74 Å². The second kappa shape index (κ2) is 16.3. The van der Waals surface area contributed by atoms with Crippen LogP contribution in [-0.4, -0.2) is 37.9 Å². The van der Waals surface area contributed by atoms with E-state index in [0.717, 1.165) is 42.6 Å². The van der Waals surface area contributed by atoms with Crippen LogP contribution in [0.4, 0.5) is 0 Å². The van der Waals surface area contributed by atoms with Crippen molar-refractivity contribution in [3.63, 3.8) is 0 Å². The fraction of sp³-hybridized carbons (Fsp3) is 0.567. The quantitative estimate of drug-likeness (QED) is 0.0996. The summed E-state index contributed by atoms with van der Waals surface area (Å²) in [5.74, 6) is 0.556. The van der Waals surface area contributed by atoms with E-state index in [1.54, 1.807) is 0 Å². The van der Waals surface area contributed by atoms with Gasteiger partial charge in [-0.15, -0.1) is 0 Å². The Kier molecular flexibility index (Phi) is 13.4. The van der Waals surface area contributed by atoms with Crippen molar-refractivity contribution in [2.75, 3.05) is 27.4 Å². The number of carbonyl (C=O) groups is 1. The van der Waals surface area contributed by atoms with E-state index in [2.05, 4.69) is 57.4 Å². The van der Waals surface area contributed by atoms with E-state index in [1.807, 2.05) is 18.2 Å². The maximum absolute atomic E-state index is 12.0. The Labute approximate surface area is 207 Å². The molecule has 4 heteroatoms. The molecule has 2 aromatic carbocycles. The lowest BCUT2D eigenvalue weighted by molar-refractivity contribution is -0.903. The number of unbranched alkanes of at least 4 members (excludes halogenated alkanes) is 7. The van der Waals surface area contributed by atoms with E-state index in [1.165, 1.54) is 56.1 Å². The van der Waals surface area contributed by atoms with Gasteiger partial charge in [-0.2, -0.15) is 0 Å². The first-order chi connectivity index (χ1) is 16.5. The molecule has 2 aromatic rings. The molecule has 0 N–H and O–H groups in total. The summed E-state index contributed by atoms with van der Waals surface area (Å²) in [5, 5.41) is 0. The first-order valence-corrected chi connectivity index (χ1v) is 13.2. The van der Waals surface area contributed by atoms with Gasteiger partial charge in [0.15, 0.2) is 0 Å².